The normalized spacial score (nSPS) is 14.6. The molecule has 0 saturated carbocycles. The second-order valence-electron chi connectivity index (χ2n) is 7.14. The predicted octanol–water partition coefficient (Wildman–Crippen LogP) is 4.26. The summed E-state index contributed by atoms with van der Waals surface area (Å²) in [5.41, 5.74) is 1.78. The summed E-state index contributed by atoms with van der Waals surface area (Å²) in [6.45, 7) is 5.70. The van der Waals surface area contributed by atoms with Gasteiger partial charge in [0.1, 0.15) is 0 Å². The Labute approximate surface area is 177 Å². The van der Waals surface area contributed by atoms with E-state index < -0.39 is 29.2 Å². The molecule has 30 heavy (non-hydrogen) atoms. The van der Waals surface area contributed by atoms with Gasteiger partial charge < -0.3 is 15.1 Å². The minimum Gasteiger partial charge on any atom is -0.368 e. The zero-order valence-corrected chi connectivity index (χ0v) is 17.3. The standard InChI is InChI=1S/C21H21ClF3N3O2/c1-13-4-3-5-18(14(13)2)27-8-10-28(11-9-27)20(30)19(29)26-17-7-6-15(22)12-16(17)21(23,24)25/h3-7,12H,8-11H2,1-2H3,(H,26,29). The average molecular weight is 440 g/mol. The van der Waals surface area contributed by atoms with E-state index in [0.29, 0.717) is 32.2 Å². The van der Waals surface area contributed by atoms with Gasteiger partial charge in [0.25, 0.3) is 0 Å². The molecule has 1 saturated heterocycles. The molecule has 0 aliphatic carbocycles. The van der Waals surface area contributed by atoms with Crippen molar-refractivity contribution in [1.82, 2.24) is 4.90 Å². The molecule has 1 fully saturated rings. The van der Waals surface area contributed by atoms with Crippen LogP contribution in [0.3, 0.4) is 0 Å². The molecular weight excluding hydrogens is 419 g/mol. The maximum atomic E-state index is 13.2. The maximum absolute atomic E-state index is 13.2. The largest absolute Gasteiger partial charge is 0.418 e. The Morgan fingerprint density at radius 2 is 1.70 bits per heavy atom. The molecule has 2 amide bonds. The number of alkyl halides is 3. The number of carbonyl (C=O) groups is 2. The van der Waals surface area contributed by atoms with Crippen LogP contribution in [-0.2, 0) is 15.8 Å². The molecule has 5 nitrogen and oxygen atoms in total. The van der Waals surface area contributed by atoms with E-state index in [1.165, 1.54) is 11.0 Å². The lowest BCUT2D eigenvalue weighted by atomic mass is 10.1. The van der Waals surface area contributed by atoms with Gasteiger partial charge in [0.2, 0.25) is 0 Å². The molecule has 0 unspecified atom stereocenters. The molecule has 0 radical (unpaired) electrons. The molecule has 1 N–H and O–H groups in total. The van der Waals surface area contributed by atoms with Gasteiger partial charge >= 0.3 is 18.0 Å². The molecule has 3 rings (SSSR count). The van der Waals surface area contributed by atoms with Crippen LogP contribution in [0.5, 0.6) is 0 Å². The van der Waals surface area contributed by atoms with Crippen molar-refractivity contribution in [2.24, 2.45) is 0 Å². The van der Waals surface area contributed by atoms with E-state index in [1.54, 1.807) is 0 Å². The average Bonchev–Trinajstić information content (AvgIpc) is 2.70. The molecule has 0 atom stereocenters. The summed E-state index contributed by atoms with van der Waals surface area (Å²) in [7, 11) is 0. The number of aryl methyl sites for hydroxylation is 1. The lowest BCUT2D eigenvalue weighted by Gasteiger charge is -2.36. The number of anilines is 2. The van der Waals surface area contributed by atoms with Crippen molar-refractivity contribution in [1.29, 1.82) is 0 Å². The molecule has 1 aliphatic rings. The first-order valence-corrected chi connectivity index (χ1v) is 9.74. The zero-order chi connectivity index (χ0) is 22.1. The minimum atomic E-state index is -4.71. The van der Waals surface area contributed by atoms with Crippen molar-refractivity contribution in [2.45, 2.75) is 20.0 Å². The predicted molar refractivity (Wildman–Crippen MR) is 110 cm³/mol. The summed E-state index contributed by atoms with van der Waals surface area (Å²) in [5, 5.41) is 1.96. The SMILES string of the molecule is Cc1cccc(N2CCN(C(=O)C(=O)Nc3ccc(Cl)cc3C(F)(F)F)CC2)c1C. The first kappa shape index (κ1) is 22.0. The number of nitrogens with one attached hydrogen (secondary N) is 1. The van der Waals surface area contributed by atoms with E-state index in [4.69, 9.17) is 11.6 Å². The van der Waals surface area contributed by atoms with Gasteiger partial charge in [-0.1, -0.05) is 23.7 Å². The van der Waals surface area contributed by atoms with E-state index >= 15 is 0 Å². The monoisotopic (exact) mass is 439 g/mol. The number of benzene rings is 2. The first-order chi connectivity index (χ1) is 14.1. The number of hydrogen-bond donors (Lipinski definition) is 1. The Morgan fingerprint density at radius 3 is 2.33 bits per heavy atom. The van der Waals surface area contributed by atoms with Gasteiger partial charge in [-0.25, -0.2) is 0 Å². The first-order valence-electron chi connectivity index (χ1n) is 9.36. The number of piperazine rings is 1. The van der Waals surface area contributed by atoms with Crippen LogP contribution >= 0.6 is 11.6 Å². The molecule has 0 aromatic heterocycles. The summed E-state index contributed by atoms with van der Waals surface area (Å²) < 4.78 is 39.6. The Kier molecular flexibility index (Phi) is 6.26. The highest BCUT2D eigenvalue weighted by Gasteiger charge is 2.35. The van der Waals surface area contributed by atoms with E-state index in [-0.39, 0.29) is 5.02 Å². The number of hydrogen-bond acceptors (Lipinski definition) is 3. The van der Waals surface area contributed by atoms with Crippen LogP contribution in [-0.4, -0.2) is 42.9 Å². The number of carbonyl (C=O) groups excluding carboxylic acids is 2. The number of rotatable bonds is 2. The van der Waals surface area contributed by atoms with Crippen LogP contribution < -0.4 is 10.2 Å². The van der Waals surface area contributed by atoms with E-state index in [9.17, 15) is 22.8 Å². The highest BCUT2D eigenvalue weighted by molar-refractivity contribution is 6.39. The second kappa shape index (κ2) is 8.55. The van der Waals surface area contributed by atoms with Gasteiger partial charge in [-0.15, -0.1) is 0 Å². The van der Waals surface area contributed by atoms with Gasteiger partial charge in [-0.05, 0) is 49.2 Å². The van der Waals surface area contributed by atoms with Crippen LogP contribution in [0.1, 0.15) is 16.7 Å². The third-order valence-corrected chi connectivity index (χ3v) is 5.45. The number of amides is 2. The van der Waals surface area contributed by atoms with Crippen molar-refractivity contribution < 1.29 is 22.8 Å². The molecule has 0 bridgehead atoms. The fraction of sp³-hybridized carbons (Fsp3) is 0.333. The van der Waals surface area contributed by atoms with Crippen LogP contribution in [0.4, 0.5) is 24.5 Å². The molecule has 1 aliphatic heterocycles. The minimum absolute atomic E-state index is 0.116. The molecule has 1 heterocycles. The van der Waals surface area contributed by atoms with Crippen molar-refractivity contribution in [3.63, 3.8) is 0 Å². The van der Waals surface area contributed by atoms with Crippen molar-refractivity contribution in [3.8, 4) is 0 Å². The Morgan fingerprint density at radius 1 is 1.03 bits per heavy atom. The number of nitrogens with zero attached hydrogens (tertiary/aromatic N) is 2. The quantitative estimate of drug-likeness (QED) is 0.711. The van der Waals surface area contributed by atoms with Crippen LogP contribution in [0.2, 0.25) is 5.02 Å². The van der Waals surface area contributed by atoms with E-state index in [0.717, 1.165) is 22.9 Å². The Bertz CT molecular complexity index is 970. The Balaban J connectivity index is 1.66. The van der Waals surface area contributed by atoms with Crippen LogP contribution in [0.25, 0.3) is 0 Å². The Hall–Kier alpha value is -2.74. The van der Waals surface area contributed by atoms with Crippen LogP contribution in [0, 0.1) is 13.8 Å². The summed E-state index contributed by atoms with van der Waals surface area (Å²) in [5.74, 6) is -1.97. The molecule has 160 valence electrons. The van der Waals surface area contributed by atoms with Crippen LogP contribution in [0.15, 0.2) is 36.4 Å². The van der Waals surface area contributed by atoms with E-state index in [1.807, 2.05) is 32.0 Å². The molecule has 2 aromatic rings. The third kappa shape index (κ3) is 4.70. The summed E-state index contributed by atoms with van der Waals surface area (Å²) in [4.78, 5) is 28.3. The highest BCUT2D eigenvalue weighted by atomic mass is 35.5. The summed E-state index contributed by atoms with van der Waals surface area (Å²) in [6, 6.07) is 8.97. The lowest BCUT2D eigenvalue weighted by molar-refractivity contribution is -0.143. The van der Waals surface area contributed by atoms with Gasteiger partial charge in [0.15, 0.2) is 0 Å². The van der Waals surface area contributed by atoms with Crippen molar-refractivity contribution in [3.05, 3.63) is 58.1 Å². The molecule has 9 heteroatoms. The fourth-order valence-corrected chi connectivity index (χ4v) is 3.58. The van der Waals surface area contributed by atoms with Gasteiger partial charge in [-0.3, -0.25) is 9.59 Å². The smallest absolute Gasteiger partial charge is 0.368 e. The van der Waals surface area contributed by atoms with Crippen molar-refractivity contribution >= 4 is 34.8 Å². The summed E-state index contributed by atoms with van der Waals surface area (Å²) >= 11 is 5.64. The van der Waals surface area contributed by atoms with Gasteiger partial charge in [0.05, 0.1) is 11.3 Å². The van der Waals surface area contributed by atoms with Gasteiger partial charge in [0, 0.05) is 36.9 Å². The third-order valence-electron chi connectivity index (χ3n) is 5.21. The molecule has 0 spiro atoms. The summed E-state index contributed by atoms with van der Waals surface area (Å²) in [6.07, 6.45) is -4.71. The zero-order valence-electron chi connectivity index (χ0n) is 16.5. The molecular formula is C21H21ClF3N3O2. The number of halogens is 4. The highest BCUT2D eigenvalue weighted by Crippen LogP contribution is 2.36. The maximum Gasteiger partial charge on any atom is 0.418 e. The topological polar surface area (TPSA) is 52.7 Å². The fourth-order valence-electron chi connectivity index (χ4n) is 3.41. The van der Waals surface area contributed by atoms with Crippen molar-refractivity contribution in [2.75, 3.05) is 36.4 Å². The van der Waals surface area contributed by atoms with Gasteiger partial charge in [-0.2, -0.15) is 13.2 Å². The lowest BCUT2D eigenvalue weighted by Crippen LogP contribution is -2.51. The molecule has 2 aromatic carbocycles. The second-order valence-corrected chi connectivity index (χ2v) is 7.58. The van der Waals surface area contributed by atoms with E-state index in [2.05, 4.69) is 10.2 Å².